The molecule has 24 heavy (non-hydrogen) atoms. The lowest BCUT2D eigenvalue weighted by molar-refractivity contribution is -0.123. The molecule has 0 aliphatic carbocycles. The molecule has 1 aliphatic heterocycles. The van der Waals surface area contributed by atoms with Crippen LogP contribution in [0, 0.1) is 0 Å². The molecule has 0 bridgehead atoms. The van der Waals surface area contributed by atoms with Crippen molar-refractivity contribution in [3.05, 3.63) is 51.2 Å². The van der Waals surface area contributed by atoms with Gasteiger partial charge in [0.1, 0.15) is 6.04 Å². The van der Waals surface area contributed by atoms with Crippen molar-refractivity contribution < 1.29 is 9.59 Å². The zero-order valence-electron chi connectivity index (χ0n) is 13.0. The third-order valence-corrected chi connectivity index (χ3v) is 6.04. The van der Waals surface area contributed by atoms with Crippen LogP contribution in [0.5, 0.6) is 0 Å². The van der Waals surface area contributed by atoms with Gasteiger partial charge in [0.25, 0.3) is 5.91 Å². The number of thioether (sulfide) groups is 1. The minimum Gasteiger partial charge on any atom is -0.347 e. The van der Waals surface area contributed by atoms with E-state index >= 15 is 0 Å². The summed E-state index contributed by atoms with van der Waals surface area (Å²) in [6, 6.07) is 8.63. The SMILES string of the molecule is CC(NC(=O)c1cccs1)C(=O)NC1CCSc2ccc(Cl)cc21. The third kappa shape index (κ3) is 3.94. The summed E-state index contributed by atoms with van der Waals surface area (Å²) in [6.45, 7) is 1.69. The second-order valence-electron chi connectivity index (χ2n) is 5.55. The highest BCUT2D eigenvalue weighted by Gasteiger charge is 2.25. The zero-order valence-corrected chi connectivity index (χ0v) is 15.4. The van der Waals surface area contributed by atoms with Gasteiger partial charge in [-0.15, -0.1) is 23.1 Å². The maximum Gasteiger partial charge on any atom is 0.261 e. The highest BCUT2D eigenvalue weighted by Crippen LogP contribution is 2.37. The minimum absolute atomic E-state index is 0.0754. The predicted octanol–water partition coefficient (Wildman–Crippen LogP) is 3.87. The number of nitrogens with one attached hydrogen (secondary N) is 2. The maximum absolute atomic E-state index is 12.4. The summed E-state index contributed by atoms with van der Waals surface area (Å²) in [5, 5.41) is 8.26. The number of hydrogen-bond donors (Lipinski definition) is 2. The van der Waals surface area contributed by atoms with Gasteiger partial charge in [0.15, 0.2) is 0 Å². The molecule has 4 nitrogen and oxygen atoms in total. The monoisotopic (exact) mass is 380 g/mol. The van der Waals surface area contributed by atoms with Crippen LogP contribution < -0.4 is 10.6 Å². The van der Waals surface area contributed by atoms with E-state index in [4.69, 9.17) is 11.6 Å². The Kier molecular flexibility index (Phi) is 5.48. The molecule has 2 aromatic rings. The molecule has 0 saturated heterocycles. The van der Waals surface area contributed by atoms with Crippen LogP contribution in [-0.2, 0) is 4.79 Å². The molecule has 1 aromatic heterocycles. The molecule has 1 aliphatic rings. The normalized spacial score (nSPS) is 17.7. The molecule has 2 heterocycles. The van der Waals surface area contributed by atoms with Crippen molar-refractivity contribution in [3.8, 4) is 0 Å². The van der Waals surface area contributed by atoms with Gasteiger partial charge in [0.2, 0.25) is 5.91 Å². The number of thiophene rings is 1. The van der Waals surface area contributed by atoms with Crippen LogP contribution in [0.3, 0.4) is 0 Å². The summed E-state index contributed by atoms with van der Waals surface area (Å²) in [5.74, 6) is 0.522. The van der Waals surface area contributed by atoms with E-state index in [-0.39, 0.29) is 17.9 Å². The van der Waals surface area contributed by atoms with E-state index in [2.05, 4.69) is 10.6 Å². The minimum atomic E-state index is -0.600. The smallest absolute Gasteiger partial charge is 0.261 e. The van der Waals surface area contributed by atoms with E-state index in [0.717, 1.165) is 22.6 Å². The fraction of sp³-hybridized carbons (Fsp3) is 0.294. The van der Waals surface area contributed by atoms with Crippen molar-refractivity contribution in [2.45, 2.75) is 30.3 Å². The first-order valence-corrected chi connectivity index (χ1v) is 9.86. The highest BCUT2D eigenvalue weighted by atomic mass is 35.5. The van der Waals surface area contributed by atoms with E-state index < -0.39 is 6.04 Å². The number of amides is 2. The fourth-order valence-corrected chi connectivity index (χ4v) is 4.47. The Hall–Kier alpha value is -1.50. The third-order valence-electron chi connectivity index (χ3n) is 3.81. The van der Waals surface area contributed by atoms with Crippen molar-refractivity contribution in [2.75, 3.05) is 5.75 Å². The quantitative estimate of drug-likeness (QED) is 0.846. The van der Waals surface area contributed by atoms with Crippen LogP contribution in [0.4, 0.5) is 0 Å². The van der Waals surface area contributed by atoms with Crippen LogP contribution in [0.2, 0.25) is 5.02 Å². The van der Waals surface area contributed by atoms with E-state index in [1.807, 2.05) is 29.6 Å². The first-order valence-electron chi connectivity index (χ1n) is 7.61. The molecular weight excluding hydrogens is 364 g/mol. The molecule has 0 fully saturated rings. The van der Waals surface area contributed by atoms with Crippen LogP contribution in [0.25, 0.3) is 0 Å². The van der Waals surface area contributed by atoms with Crippen LogP contribution in [0.1, 0.15) is 34.6 Å². The summed E-state index contributed by atoms with van der Waals surface area (Å²) in [7, 11) is 0. The van der Waals surface area contributed by atoms with Gasteiger partial charge in [-0.3, -0.25) is 9.59 Å². The molecule has 2 N–H and O–H groups in total. The first kappa shape index (κ1) is 17.3. The number of fused-ring (bicyclic) bond motifs is 1. The molecule has 3 rings (SSSR count). The number of carbonyl (C=O) groups excluding carboxylic acids is 2. The second kappa shape index (κ2) is 7.59. The van der Waals surface area contributed by atoms with Crippen LogP contribution in [0.15, 0.2) is 40.6 Å². The molecule has 2 atom stereocenters. The van der Waals surface area contributed by atoms with Gasteiger partial charge in [-0.1, -0.05) is 17.7 Å². The molecule has 7 heteroatoms. The Morgan fingerprint density at radius 2 is 2.17 bits per heavy atom. The van der Waals surface area contributed by atoms with Crippen LogP contribution >= 0.6 is 34.7 Å². The van der Waals surface area contributed by atoms with Crippen molar-refractivity contribution >= 4 is 46.5 Å². The zero-order chi connectivity index (χ0) is 17.1. The molecular formula is C17H17ClN2O2S2. The second-order valence-corrected chi connectivity index (χ2v) is 8.07. The average Bonchev–Trinajstić information content (AvgIpc) is 3.10. The van der Waals surface area contributed by atoms with Crippen molar-refractivity contribution in [1.29, 1.82) is 0 Å². The topological polar surface area (TPSA) is 58.2 Å². The molecule has 0 spiro atoms. The van der Waals surface area contributed by atoms with Gasteiger partial charge in [-0.25, -0.2) is 0 Å². The average molecular weight is 381 g/mol. The molecule has 2 amide bonds. The number of halogens is 1. The first-order chi connectivity index (χ1) is 11.5. The van der Waals surface area contributed by atoms with Crippen LogP contribution in [-0.4, -0.2) is 23.6 Å². The Balaban J connectivity index is 1.65. The van der Waals surface area contributed by atoms with Gasteiger partial charge in [-0.05, 0) is 48.6 Å². The number of hydrogen-bond acceptors (Lipinski definition) is 4. The molecule has 0 radical (unpaired) electrons. The molecule has 0 saturated carbocycles. The summed E-state index contributed by atoms with van der Waals surface area (Å²) in [6.07, 6.45) is 0.843. The lowest BCUT2D eigenvalue weighted by atomic mass is 10.0. The number of benzene rings is 1. The summed E-state index contributed by atoms with van der Waals surface area (Å²) >= 11 is 9.21. The van der Waals surface area contributed by atoms with E-state index in [0.29, 0.717) is 9.90 Å². The highest BCUT2D eigenvalue weighted by molar-refractivity contribution is 7.99. The summed E-state index contributed by atoms with van der Waals surface area (Å²) < 4.78 is 0. The van der Waals surface area contributed by atoms with Gasteiger partial charge in [-0.2, -0.15) is 0 Å². The van der Waals surface area contributed by atoms with Crippen molar-refractivity contribution in [3.63, 3.8) is 0 Å². The lowest BCUT2D eigenvalue weighted by Crippen LogP contribution is -2.46. The largest absolute Gasteiger partial charge is 0.347 e. The van der Waals surface area contributed by atoms with Crippen molar-refractivity contribution in [2.24, 2.45) is 0 Å². The lowest BCUT2D eigenvalue weighted by Gasteiger charge is -2.27. The van der Waals surface area contributed by atoms with Gasteiger partial charge in [0, 0.05) is 15.7 Å². The van der Waals surface area contributed by atoms with E-state index in [1.54, 1.807) is 24.8 Å². The summed E-state index contributed by atoms with van der Waals surface area (Å²) in [5.41, 5.74) is 1.05. The van der Waals surface area contributed by atoms with E-state index in [9.17, 15) is 9.59 Å². The number of carbonyl (C=O) groups is 2. The number of rotatable bonds is 4. The van der Waals surface area contributed by atoms with Crippen molar-refractivity contribution in [1.82, 2.24) is 10.6 Å². The molecule has 2 unspecified atom stereocenters. The van der Waals surface area contributed by atoms with Gasteiger partial charge < -0.3 is 10.6 Å². The molecule has 126 valence electrons. The standard InChI is InChI=1S/C17H17ClN2O2S2/c1-10(19-17(22)15-3-2-7-23-15)16(21)20-13-6-8-24-14-5-4-11(18)9-12(13)14/h2-5,7,9-10,13H,6,8H2,1H3,(H,19,22)(H,20,21). The molecule has 1 aromatic carbocycles. The Morgan fingerprint density at radius 1 is 1.33 bits per heavy atom. The Labute approximate surface area is 154 Å². The van der Waals surface area contributed by atoms with Gasteiger partial charge in [0.05, 0.1) is 10.9 Å². The van der Waals surface area contributed by atoms with Gasteiger partial charge >= 0.3 is 0 Å². The fourth-order valence-electron chi connectivity index (χ4n) is 2.55. The summed E-state index contributed by atoms with van der Waals surface area (Å²) in [4.78, 5) is 26.2. The Morgan fingerprint density at radius 3 is 2.92 bits per heavy atom. The Bertz CT molecular complexity index is 749. The predicted molar refractivity (Wildman–Crippen MR) is 98.9 cm³/mol. The maximum atomic E-state index is 12.4. The van der Waals surface area contributed by atoms with E-state index in [1.165, 1.54) is 11.3 Å².